The van der Waals surface area contributed by atoms with Crippen LogP contribution in [0.15, 0.2) is 29.2 Å². The van der Waals surface area contributed by atoms with Crippen molar-refractivity contribution in [2.24, 2.45) is 0 Å². The summed E-state index contributed by atoms with van der Waals surface area (Å²) in [6.45, 7) is 5.70. The van der Waals surface area contributed by atoms with Gasteiger partial charge in [-0.2, -0.15) is 10.2 Å². The van der Waals surface area contributed by atoms with Crippen LogP contribution in [0.1, 0.15) is 43.7 Å². The molecule has 9 nitrogen and oxygen atoms in total. The van der Waals surface area contributed by atoms with Crippen molar-refractivity contribution in [1.29, 1.82) is 0 Å². The van der Waals surface area contributed by atoms with Gasteiger partial charge < -0.3 is 10.1 Å². The van der Waals surface area contributed by atoms with Crippen LogP contribution < -0.4 is 10.9 Å². The molecule has 0 spiro atoms. The molecule has 0 aliphatic carbocycles. The second kappa shape index (κ2) is 8.22. The van der Waals surface area contributed by atoms with E-state index in [0.29, 0.717) is 18.8 Å². The summed E-state index contributed by atoms with van der Waals surface area (Å²) in [5, 5.41) is 10.7. The second-order valence-electron chi connectivity index (χ2n) is 5.66. The van der Waals surface area contributed by atoms with Crippen molar-refractivity contribution in [2.75, 3.05) is 11.9 Å². The normalized spacial score (nSPS) is 10.7. The van der Waals surface area contributed by atoms with Crippen molar-refractivity contribution in [3.05, 3.63) is 40.4 Å². The lowest BCUT2D eigenvalue weighted by Crippen LogP contribution is -2.26. The Morgan fingerprint density at radius 2 is 2.04 bits per heavy atom. The number of esters is 1. The number of hydrogen-bond donors (Lipinski definition) is 1. The number of rotatable bonds is 7. The van der Waals surface area contributed by atoms with Crippen molar-refractivity contribution in [2.45, 2.75) is 39.8 Å². The smallest absolute Gasteiger partial charge is 0.359 e. The van der Waals surface area contributed by atoms with E-state index >= 15 is 0 Å². The van der Waals surface area contributed by atoms with Gasteiger partial charge in [0.1, 0.15) is 5.82 Å². The molecule has 0 saturated heterocycles. The van der Waals surface area contributed by atoms with Gasteiger partial charge in [0, 0.05) is 24.7 Å². The Bertz CT molecular complexity index is 809. The van der Waals surface area contributed by atoms with E-state index in [1.54, 1.807) is 16.9 Å². The Labute approximate surface area is 144 Å². The molecule has 2 aromatic heterocycles. The number of anilines is 1. The molecule has 0 saturated carbocycles. The lowest BCUT2D eigenvalue weighted by molar-refractivity contribution is -0.119. The largest absolute Gasteiger partial charge is 0.451 e. The first kappa shape index (κ1) is 18.4. The number of nitrogens with zero attached hydrogens (tertiary/aromatic N) is 4. The highest BCUT2D eigenvalue weighted by molar-refractivity contribution is 5.94. The Balaban J connectivity index is 1.95. The molecular weight excluding hydrogens is 326 g/mol. The molecule has 0 unspecified atom stereocenters. The highest BCUT2D eigenvalue weighted by Gasteiger charge is 2.15. The van der Waals surface area contributed by atoms with Gasteiger partial charge >= 0.3 is 5.97 Å². The number of aryl methyl sites for hydroxylation is 1. The van der Waals surface area contributed by atoms with Gasteiger partial charge in [-0.1, -0.05) is 6.92 Å². The molecule has 0 aliphatic heterocycles. The standard InChI is InChI=1S/C16H21N5O4/c1-4-9-20-15(23)6-5-12(19-20)16(24)25-10-14(22)18-13-7-8-17-21(13)11(2)3/h5-8,11H,4,9-10H2,1-3H3,(H,18,22). The van der Waals surface area contributed by atoms with Crippen molar-refractivity contribution in [3.8, 4) is 0 Å². The zero-order valence-corrected chi connectivity index (χ0v) is 14.4. The van der Waals surface area contributed by atoms with Crippen LogP contribution >= 0.6 is 0 Å². The molecule has 0 aliphatic rings. The summed E-state index contributed by atoms with van der Waals surface area (Å²) in [6, 6.07) is 4.27. The second-order valence-corrected chi connectivity index (χ2v) is 5.66. The highest BCUT2D eigenvalue weighted by Crippen LogP contribution is 2.12. The molecule has 0 radical (unpaired) electrons. The summed E-state index contributed by atoms with van der Waals surface area (Å²) < 4.78 is 7.79. The molecular formula is C16H21N5O4. The summed E-state index contributed by atoms with van der Waals surface area (Å²) in [7, 11) is 0. The van der Waals surface area contributed by atoms with E-state index in [1.165, 1.54) is 16.8 Å². The third kappa shape index (κ3) is 4.75. The Morgan fingerprint density at radius 3 is 2.72 bits per heavy atom. The fourth-order valence-electron chi connectivity index (χ4n) is 2.14. The van der Waals surface area contributed by atoms with Gasteiger partial charge in [-0.3, -0.25) is 9.59 Å². The van der Waals surface area contributed by atoms with E-state index in [0.717, 1.165) is 0 Å². The minimum absolute atomic E-state index is 0.0203. The zero-order valence-electron chi connectivity index (χ0n) is 14.4. The number of aromatic nitrogens is 4. The van der Waals surface area contributed by atoms with Gasteiger partial charge in [-0.15, -0.1) is 0 Å². The summed E-state index contributed by atoms with van der Waals surface area (Å²) in [6.07, 6.45) is 2.28. The molecule has 9 heteroatoms. The molecule has 0 atom stereocenters. The molecule has 2 rings (SSSR count). The van der Waals surface area contributed by atoms with Crippen LogP contribution in [0.5, 0.6) is 0 Å². The van der Waals surface area contributed by atoms with Crippen LogP contribution in [-0.4, -0.2) is 38.0 Å². The van der Waals surface area contributed by atoms with E-state index < -0.39 is 18.5 Å². The molecule has 0 fully saturated rings. The first-order valence-electron chi connectivity index (χ1n) is 8.01. The van der Waals surface area contributed by atoms with E-state index in [9.17, 15) is 14.4 Å². The van der Waals surface area contributed by atoms with Gasteiger partial charge in [0.2, 0.25) is 0 Å². The number of amides is 1. The summed E-state index contributed by atoms with van der Waals surface area (Å²) in [5.41, 5.74) is -0.314. The van der Waals surface area contributed by atoms with E-state index in [-0.39, 0.29) is 17.3 Å². The molecule has 2 aromatic rings. The SMILES string of the molecule is CCCn1nc(C(=O)OCC(=O)Nc2ccnn2C(C)C)ccc1=O. The first-order valence-corrected chi connectivity index (χ1v) is 8.01. The van der Waals surface area contributed by atoms with E-state index in [4.69, 9.17) is 4.74 Å². The van der Waals surface area contributed by atoms with Crippen LogP contribution in [0.4, 0.5) is 5.82 Å². The summed E-state index contributed by atoms with van der Waals surface area (Å²) in [4.78, 5) is 35.5. The fraction of sp³-hybridized carbons (Fsp3) is 0.438. The number of ether oxygens (including phenoxy) is 1. The van der Waals surface area contributed by atoms with Crippen molar-refractivity contribution >= 4 is 17.7 Å². The number of carbonyl (C=O) groups is 2. The van der Waals surface area contributed by atoms with Crippen LogP contribution in [-0.2, 0) is 16.1 Å². The fourth-order valence-corrected chi connectivity index (χ4v) is 2.14. The molecule has 134 valence electrons. The zero-order chi connectivity index (χ0) is 18.4. The van der Waals surface area contributed by atoms with E-state index in [2.05, 4.69) is 15.5 Å². The van der Waals surface area contributed by atoms with Crippen molar-refractivity contribution in [3.63, 3.8) is 0 Å². The first-order chi connectivity index (χ1) is 11.9. The van der Waals surface area contributed by atoms with Gasteiger partial charge in [0.05, 0.1) is 6.20 Å². The third-order valence-electron chi connectivity index (χ3n) is 3.27. The van der Waals surface area contributed by atoms with Crippen LogP contribution in [0, 0.1) is 0 Å². The monoisotopic (exact) mass is 347 g/mol. The number of hydrogen-bond acceptors (Lipinski definition) is 6. The summed E-state index contributed by atoms with van der Waals surface area (Å²) in [5.74, 6) is -0.735. The predicted molar refractivity (Wildman–Crippen MR) is 90.3 cm³/mol. The Morgan fingerprint density at radius 1 is 1.28 bits per heavy atom. The number of nitrogens with one attached hydrogen (secondary N) is 1. The van der Waals surface area contributed by atoms with Gasteiger partial charge in [0.25, 0.3) is 11.5 Å². The molecule has 1 amide bonds. The average molecular weight is 347 g/mol. The topological polar surface area (TPSA) is 108 Å². The van der Waals surface area contributed by atoms with Crippen LogP contribution in [0.25, 0.3) is 0 Å². The highest BCUT2D eigenvalue weighted by atomic mass is 16.5. The van der Waals surface area contributed by atoms with Gasteiger partial charge in [0.15, 0.2) is 12.3 Å². The Kier molecular flexibility index (Phi) is 6.04. The van der Waals surface area contributed by atoms with Crippen molar-refractivity contribution in [1.82, 2.24) is 19.6 Å². The molecule has 1 N–H and O–H groups in total. The average Bonchev–Trinajstić information content (AvgIpc) is 3.03. The van der Waals surface area contributed by atoms with Gasteiger partial charge in [-0.05, 0) is 26.3 Å². The third-order valence-corrected chi connectivity index (χ3v) is 3.27. The van der Waals surface area contributed by atoms with Crippen molar-refractivity contribution < 1.29 is 14.3 Å². The lowest BCUT2D eigenvalue weighted by Gasteiger charge is -2.12. The lowest BCUT2D eigenvalue weighted by atomic mass is 10.4. The maximum atomic E-state index is 12.0. The van der Waals surface area contributed by atoms with Gasteiger partial charge in [-0.25, -0.2) is 14.2 Å². The molecule has 25 heavy (non-hydrogen) atoms. The Hall–Kier alpha value is -2.97. The molecule has 0 bridgehead atoms. The number of carbonyl (C=O) groups excluding carboxylic acids is 2. The molecule has 0 aromatic carbocycles. The minimum Gasteiger partial charge on any atom is -0.451 e. The minimum atomic E-state index is -0.766. The molecule has 2 heterocycles. The quantitative estimate of drug-likeness (QED) is 0.755. The predicted octanol–water partition coefficient (Wildman–Crippen LogP) is 1.23. The maximum absolute atomic E-state index is 12.0. The van der Waals surface area contributed by atoms with E-state index in [1.807, 2.05) is 20.8 Å². The maximum Gasteiger partial charge on any atom is 0.359 e. The van der Waals surface area contributed by atoms with Crippen LogP contribution in [0.2, 0.25) is 0 Å². The van der Waals surface area contributed by atoms with Crippen LogP contribution in [0.3, 0.4) is 0 Å². The summed E-state index contributed by atoms with van der Waals surface area (Å²) >= 11 is 0.